The molecule has 0 saturated heterocycles. The molecule has 0 aliphatic rings. The summed E-state index contributed by atoms with van der Waals surface area (Å²) in [6.07, 6.45) is 0. The molecule has 0 atom stereocenters. The normalized spacial score (nSPS) is 10.5. The second kappa shape index (κ2) is 4.14. The van der Waals surface area contributed by atoms with Crippen LogP contribution in [0.4, 0.5) is 8.78 Å². The second-order valence-electron chi connectivity index (χ2n) is 3.13. The smallest absolute Gasteiger partial charge is 0.358 e. The standard InChI is InChI=1S/C10H4ClF2NO3/c11-5-2-7(13)6(12)1-4(5)9-3-8(10(15)16)14-17-9/h1-3H,(H,15,16). The van der Waals surface area contributed by atoms with Crippen molar-refractivity contribution in [2.24, 2.45) is 0 Å². The second-order valence-corrected chi connectivity index (χ2v) is 3.53. The average molecular weight is 260 g/mol. The van der Waals surface area contributed by atoms with Gasteiger partial charge in [-0.2, -0.15) is 0 Å². The van der Waals surface area contributed by atoms with Crippen molar-refractivity contribution in [2.45, 2.75) is 0 Å². The molecule has 1 aromatic carbocycles. The molecule has 0 spiro atoms. The number of nitrogens with zero attached hydrogens (tertiary/aromatic N) is 1. The summed E-state index contributed by atoms with van der Waals surface area (Å²) in [5.41, 5.74) is -0.314. The van der Waals surface area contributed by atoms with Gasteiger partial charge in [-0.3, -0.25) is 0 Å². The monoisotopic (exact) mass is 259 g/mol. The number of carboxylic acids is 1. The fraction of sp³-hybridized carbons (Fsp3) is 0. The van der Waals surface area contributed by atoms with E-state index in [2.05, 4.69) is 9.68 Å². The van der Waals surface area contributed by atoms with E-state index in [1.807, 2.05) is 0 Å². The molecule has 0 bridgehead atoms. The van der Waals surface area contributed by atoms with Gasteiger partial charge in [-0.1, -0.05) is 16.8 Å². The molecule has 1 heterocycles. The van der Waals surface area contributed by atoms with Gasteiger partial charge in [0.05, 0.1) is 5.02 Å². The molecule has 7 heteroatoms. The summed E-state index contributed by atoms with van der Waals surface area (Å²) in [6, 6.07) is 2.65. The number of aromatic carboxylic acids is 1. The minimum Gasteiger partial charge on any atom is -0.476 e. The van der Waals surface area contributed by atoms with Crippen LogP contribution in [0.3, 0.4) is 0 Å². The molecule has 4 nitrogen and oxygen atoms in total. The maximum atomic E-state index is 13.0. The quantitative estimate of drug-likeness (QED) is 0.842. The molecule has 1 aromatic heterocycles. The zero-order chi connectivity index (χ0) is 12.6. The van der Waals surface area contributed by atoms with Crippen molar-refractivity contribution < 1.29 is 23.2 Å². The van der Waals surface area contributed by atoms with Crippen LogP contribution in [0.2, 0.25) is 5.02 Å². The maximum Gasteiger partial charge on any atom is 0.358 e. The first-order chi connectivity index (χ1) is 7.99. The van der Waals surface area contributed by atoms with E-state index in [1.54, 1.807) is 0 Å². The number of hydrogen-bond donors (Lipinski definition) is 1. The number of aromatic nitrogens is 1. The van der Waals surface area contributed by atoms with E-state index in [0.29, 0.717) is 0 Å². The van der Waals surface area contributed by atoms with Crippen molar-refractivity contribution in [3.05, 3.63) is 40.6 Å². The Bertz CT molecular complexity index is 597. The molecule has 0 saturated carbocycles. The highest BCUT2D eigenvalue weighted by Gasteiger charge is 2.16. The summed E-state index contributed by atoms with van der Waals surface area (Å²) in [5, 5.41) is 11.8. The predicted octanol–water partition coefficient (Wildman–Crippen LogP) is 2.97. The number of carbonyl (C=O) groups is 1. The summed E-state index contributed by atoms with van der Waals surface area (Å²) >= 11 is 5.68. The van der Waals surface area contributed by atoms with Crippen LogP contribution in [0.5, 0.6) is 0 Å². The third-order valence-corrected chi connectivity index (χ3v) is 2.32. The van der Waals surface area contributed by atoms with Crippen molar-refractivity contribution in [3.8, 4) is 11.3 Å². The average Bonchev–Trinajstić information content (AvgIpc) is 2.72. The molecule has 2 rings (SSSR count). The van der Waals surface area contributed by atoms with Crippen LogP contribution in [0.25, 0.3) is 11.3 Å². The number of hydrogen-bond acceptors (Lipinski definition) is 3. The molecule has 2 aromatic rings. The molecule has 0 aliphatic heterocycles. The zero-order valence-corrected chi connectivity index (χ0v) is 8.83. The van der Waals surface area contributed by atoms with Crippen LogP contribution in [-0.2, 0) is 0 Å². The number of carboxylic acid groups (broad SMARTS) is 1. The lowest BCUT2D eigenvalue weighted by Gasteiger charge is -2.00. The van der Waals surface area contributed by atoms with E-state index in [0.717, 1.165) is 18.2 Å². The third-order valence-electron chi connectivity index (χ3n) is 2.00. The minimum atomic E-state index is -1.29. The van der Waals surface area contributed by atoms with Gasteiger partial charge >= 0.3 is 5.97 Å². The molecule has 0 radical (unpaired) electrons. The molecule has 0 fully saturated rings. The van der Waals surface area contributed by atoms with Gasteiger partial charge in [-0.15, -0.1) is 0 Å². The minimum absolute atomic E-state index is 0.0329. The Morgan fingerprint density at radius 1 is 1.29 bits per heavy atom. The lowest BCUT2D eigenvalue weighted by atomic mass is 10.1. The third kappa shape index (κ3) is 2.12. The van der Waals surface area contributed by atoms with E-state index in [9.17, 15) is 13.6 Å². The van der Waals surface area contributed by atoms with Gasteiger partial charge in [0.15, 0.2) is 23.1 Å². The van der Waals surface area contributed by atoms with Crippen molar-refractivity contribution in [3.63, 3.8) is 0 Å². The number of benzene rings is 1. The Labute approximate surface area is 98.4 Å². The first kappa shape index (κ1) is 11.5. The molecule has 0 unspecified atom stereocenters. The van der Waals surface area contributed by atoms with E-state index in [-0.39, 0.29) is 22.0 Å². The molecular formula is C10H4ClF2NO3. The van der Waals surface area contributed by atoms with Gasteiger partial charge in [-0.25, -0.2) is 13.6 Å². The van der Waals surface area contributed by atoms with E-state index in [4.69, 9.17) is 16.7 Å². The van der Waals surface area contributed by atoms with Crippen LogP contribution in [0, 0.1) is 11.6 Å². The Kier molecular flexibility index (Phi) is 2.81. The lowest BCUT2D eigenvalue weighted by molar-refractivity contribution is 0.0686. The van der Waals surface area contributed by atoms with Gasteiger partial charge < -0.3 is 9.63 Å². The Morgan fingerprint density at radius 2 is 1.94 bits per heavy atom. The van der Waals surface area contributed by atoms with Crippen molar-refractivity contribution in [1.29, 1.82) is 0 Å². The first-order valence-electron chi connectivity index (χ1n) is 4.34. The van der Waals surface area contributed by atoms with Crippen LogP contribution < -0.4 is 0 Å². The Hall–Kier alpha value is -1.95. The molecule has 0 aliphatic carbocycles. The van der Waals surface area contributed by atoms with Gasteiger partial charge in [0.25, 0.3) is 0 Å². The fourth-order valence-corrected chi connectivity index (χ4v) is 1.46. The highest BCUT2D eigenvalue weighted by atomic mass is 35.5. The van der Waals surface area contributed by atoms with Crippen LogP contribution in [-0.4, -0.2) is 16.2 Å². The van der Waals surface area contributed by atoms with Gasteiger partial charge in [-0.05, 0) is 12.1 Å². The molecule has 88 valence electrons. The van der Waals surface area contributed by atoms with Crippen molar-refractivity contribution >= 4 is 17.6 Å². The largest absolute Gasteiger partial charge is 0.476 e. The summed E-state index contributed by atoms with van der Waals surface area (Å²) in [4.78, 5) is 10.6. The summed E-state index contributed by atoms with van der Waals surface area (Å²) in [5.74, 6) is -3.56. The molecule has 0 amide bonds. The van der Waals surface area contributed by atoms with Gasteiger partial charge in [0.2, 0.25) is 0 Å². The van der Waals surface area contributed by atoms with Crippen LogP contribution >= 0.6 is 11.6 Å². The fourth-order valence-electron chi connectivity index (χ4n) is 1.21. The summed E-state index contributed by atoms with van der Waals surface area (Å²) in [6.45, 7) is 0. The summed E-state index contributed by atoms with van der Waals surface area (Å²) < 4.78 is 30.5. The summed E-state index contributed by atoms with van der Waals surface area (Å²) in [7, 11) is 0. The highest BCUT2D eigenvalue weighted by molar-refractivity contribution is 6.33. The van der Waals surface area contributed by atoms with Crippen LogP contribution in [0.15, 0.2) is 22.7 Å². The number of halogens is 3. The van der Waals surface area contributed by atoms with E-state index < -0.39 is 17.6 Å². The van der Waals surface area contributed by atoms with Gasteiger partial charge in [0, 0.05) is 11.6 Å². The first-order valence-corrected chi connectivity index (χ1v) is 4.71. The lowest BCUT2D eigenvalue weighted by Crippen LogP contribution is -1.94. The maximum absolute atomic E-state index is 13.0. The topological polar surface area (TPSA) is 63.3 Å². The Morgan fingerprint density at radius 3 is 2.53 bits per heavy atom. The zero-order valence-electron chi connectivity index (χ0n) is 8.08. The SMILES string of the molecule is O=C(O)c1cc(-c2cc(F)c(F)cc2Cl)on1. The molecular weight excluding hydrogens is 256 g/mol. The van der Waals surface area contributed by atoms with Crippen molar-refractivity contribution in [2.75, 3.05) is 0 Å². The van der Waals surface area contributed by atoms with Crippen LogP contribution in [0.1, 0.15) is 10.5 Å². The molecule has 17 heavy (non-hydrogen) atoms. The Balaban J connectivity index is 2.52. The van der Waals surface area contributed by atoms with E-state index in [1.165, 1.54) is 0 Å². The molecule has 1 N–H and O–H groups in total. The highest BCUT2D eigenvalue weighted by Crippen LogP contribution is 2.30. The predicted molar refractivity (Wildman–Crippen MR) is 53.8 cm³/mol. The van der Waals surface area contributed by atoms with E-state index >= 15 is 0 Å². The number of rotatable bonds is 2. The van der Waals surface area contributed by atoms with Crippen molar-refractivity contribution in [1.82, 2.24) is 5.16 Å². The van der Waals surface area contributed by atoms with Gasteiger partial charge in [0.1, 0.15) is 0 Å².